The fraction of sp³-hybridized carbons (Fsp3) is 0.111. The van der Waals surface area contributed by atoms with Gasteiger partial charge in [-0.15, -0.1) is 0 Å². The minimum Gasteiger partial charge on any atom is -0.336 e. The molecule has 1 N–H and O–H groups in total. The fourth-order valence-electron chi connectivity index (χ4n) is 1.21. The number of aromatic nitrogens is 2. The normalized spacial score (nSPS) is 11.6. The first-order valence-corrected chi connectivity index (χ1v) is 4.77. The molecule has 0 aliphatic carbocycles. The van der Waals surface area contributed by atoms with Crippen LogP contribution in [0.25, 0.3) is 11.0 Å². The number of aromatic amines is 1. The molecule has 0 saturated heterocycles. The number of nitriles is 1. The van der Waals surface area contributed by atoms with E-state index in [1.165, 1.54) is 18.2 Å². The Morgan fingerprint density at radius 2 is 2.20 bits per heavy atom. The number of hydrogen-bond acceptors (Lipinski definition) is 2. The van der Waals surface area contributed by atoms with E-state index in [0.717, 1.165) is 0 Å². The average Bonchev–Trinajstić information content (AvgIpc) is 2.59. The monoisotopic (exact) mass is 271 g/mol. The van der Waals surface area contributed by atoms with E-state index < -0.39 is 10.7 Å². The van der Waals surface area contributed by atoms with Crippen LogP contribution < -0.4 is 0 Å². The van der Waals surface area contributed by atoms with Gasteiger partial charge in [-0.05, 0) is 34.1 Å². The second kappa shape index (κ2) is 3.28. The van der Waals surface area contributed by atoms with E-state index >= 15 is 0 Å². The minimum atomic E-state index is -3.18. The Balaban J connectivity index is 2.62. The summed E-state index contributed by atoms with van der Waals surface area (Å²) in [5, 5.41) is 8.62. The van der Waals surface area contributed by atoms with Gasteiger partial charge in [0.2, 0.25) is 0 Å². The van der Waals surface area contributed by atoms with E-state index in [-0.39, 0.29) is 0 Å². The molecule has 0 spiro atoms. The zero-order valence-corrected chi connectivity index (χ0v) is 8.85. The summed E-state index contributed by atoms with van der Waals surface area (Å²) < 4.78 is 25.7. The van der Waals surface area contributed by atoms with Crippen LogP contribution in [0.3, 0.4) is 0 Å². The quantitative estimate of drug-likeness (QED) is 0.811. The maximum Gasteiger partial charge on any atom is 0.358 e. The molecule has 76 valence electrons. The smallest absolute Gasteiger partial charge is 0.336 e. The minimum absolute atomic E-state index is 0.399. The van der Waals surface area contributed by atoms with Crippen molar-refractivity contribution in [2.24, 2.45) is 0 Å². The Bertz CT molecular complexity index is 550. The van der Waals surface area contributed by atoms with Crippen molar-refractivity contribution in [3.05, 3.63) is 29.6 Å². The van der Waals surface area contributed by atoms with E-state index in [1.54, 1.807) is 0 Å². The number of benzene rings is 1. The molecule has 0 aliphatic heterocycles. The number of H-pyrrole nitrogens is 1. The van der Waals surface area contributed by atoms with Crippen molar-refractivity contribution in [1.29, 1.82) is 5.26 Å². The number of alkyl halides is 3. The lowest BCUT2D eigenvalue weighted by Gasteiger charge is -2.01. The van der Waals surface area contributed by atoms with Gasteiger partial charge >= 0.3 is 4.83 Å². The summed E-state index contributed by atoms with van der Waals surface area (Å²) in [4.78, 5) is 2.97. The first kappa shape index (κ1) is 10.1. The number of nitrogens with zero attached hydrogens (tertiary/aromatic N) is 2. The first-order chi connectivity index (χ1) is 7.00. The van der Waals surface area contributed by atoms with Crippen molar-refractivity contribution < 1.29 is 8.78 Å². The van der Waals surface area contributed by atoms with Gasteiger partial charge in [-0.2, -0.15) is 14.0 Å². The number of nitrogens with one attached hydrogen (secondary N) is 1. The molecule has 0 unspecified atom stereocenters. The molecule has 1 heterocycles. The number of rotatable bonds is 1. The van der Waals surface area contributed by atoms with Gasteiger partial charge in [0.25, 0.3) is 0 Å². The van der Waals surface area contributed by atoms with E-state index in [0.29, 0.717) is 16.6 Å². The van der Waals surface area contributed by atoms with Gasteiger partial charge in [0.1, 0.15) is 0 Å². The summed E-state index contributed by atoms with van der Waals surface area (Å²) in [6.07, 6.45) is 0. The third kappa shape index (κ3) is 1.83. The Labute approximate surface area is 91.9 Å². The number of imidazole rings is 1. The molecule has 2 aromatic rings. The SMILES string of the molecule is N#Cc1ccc2nc(C(F)(F)Br)[nH]c2c1. The van der Waals surface area contributed by atoms with E-state index in [4.69, 9.17) is 5.26 Å². The zero-order valence-electron chi connectivity index (χ0n) is 7.26. The van der Waals surface area contributed by atoms with Crippen LogP contribution in [0.4, 0.5) is 8.78 Å². The average molecular weight is 272 g/mol. The predicted molar refractivity (Wildman–Crippen MR) is 53.6 cm³/mol. The Morgan fingerprint density at radius 3 is 2.80 bits per heavy atom. The molecular weight excluding hydrogens is 268 g/mol. The van der Waals surface area contributed by atoms with Crippen LogP contribution >= 0.6 is 15.9 Å². The third-order valence-corrected chi connectivity index (χ3v) is 2.26. The summed E-state index contributed by atoms with van der Waals surface area (Å²) in [5.41, 5.74) is 1.22. The fourth-order valence-corrected chi connectivity index (χ4v) is 1.40. The Morgan fingerprint density at radius 1 is 1.47 bits per heavy atom. The highest BCUT2D eigenvalue weighted by atomic mass is 79.9. The molecule has 15 heavy (non-hydrogen) atoms. The van der Waals surface area contributed by atoms with E-state index in [2.05, 4.69) is 25.9 Å². The lowest BCUT2D eigenvalue weighted by Crippen LogP contribution is -2.04. The van der Waals surface area contributed by atoms with Gasteiger partial charge < -0.3 is 4.98 Å². The van der Waals surface area contributed by atoms with Crippen LogP contribution in [0.5, 0.6) is 0 Å². The van der Waals surface area contributed by atoms with Gasteiger partial charge in [-0.1, -0.05) is 0 Å². The predicted octanol–water partition coefficient (Wildman–Crippen LogP) is 2.88. The van der Waals surface area contributed by atoms with Crippen molar-refractivity contribution in [2.75, 3.05) is 0 Å². The molecule has 0 aliphatic rings. The van der Waals surface area contributed by atoms with Gasteiger partial charge in [-0.25, -0.2) is 4.98 Å². The molecule has 0 fully saturated rings. The second-order valence-electron chi connectivity index (χ2n) is 2.93. The largest absolute Gasteiger partial charge is 0.358 e. The van der Waals surface area contributed by atoms with Crippen molar-refractivity contribution in [3.8, 4) is 6.07 Å². The standard InChI is InChI=1S/C9H4BrF2N3/c10-9(11,12)8-14-6-2-1-5(4-13)3-7(6)15-8/h1-3H,(H,14,15). The van der Waals surface area contributed by atoms with Crippen molar-refractivity contribution in [2.45, 2.75) is 4.83 Å². The third-order valence-electron chi connectivity index (χ3n) is 1.88. The van der Waals surface area contributed by atoms with Gasteiger partial charge in [0, 0.05) is 0 Å². The summed E-state index contributed by atoms with van der Waals surface area (Å²) in [5.74, 6) is -0.465. The van der Waals surface area contributed by atoms with E-state index in [1.807, 2.05) is 6.07 Å². The highest BCUT2D eigenvalue weighted by molar-refractivity contribution is 9.09. The Hall–Kier alpha value is -1.48. The topological polar surface area (TPSA) is 52.5 Å². The number of hydrogen-bond donors (Lipinski definition) is 1. The van der Waals surface area contributed by atoms with Crippen molar-refractivity contribution in [3.63, 3.8) is 0 Å². The van der Waals surface area contributed by atoms with Crippen LogP contribution in [0.1, 0.15) is 11.4 Å². The maximum atomic E-state index is 12.8. The summed E-state index contributed by atoms with van der Waals surface area (Å²) >= 11 is 2.21. The molecule has 0 saturated carbocycles. The molecule has 0 radical (unpaired) electrons. The molecule has 1 aromatic carbocycles. The highest BCUT2D eigenvalue weighted by Crippen LogP contribution is 2.33. The van der Waals surface area contributed by atoms with Crippen molar-refractivity contribution in [1.82, 2.24) is 9.97 Å². The molecule has 0 amide bonds. The molecule has 1 aromatic heterocycles. The summed E-state index contributed by atoms with van der Waals surface area (Å²) in [6.45, 7) is 0. The van der Waals surface area contributed by atoms with Crippen LogP contribution in [0.15, 0.2) is 18.2 Å². The lowest BCUT2D eigenvalue weighted by molar-refractivity contribution is 0.105. The highest BCUT2D eigenvalue weighted by Gasteiger charge is 2.31. The molecule has 2 rings (SSSR count). The zero-order chi connectivity index (χ0) is 11.1. The van der Waals surface area contributed by atoms with E-state index in [9.17, 15) is 8.78 Å². The lowest BCUT2D eigenvalue weighted by atomic mass is 10.2. The molecule has 6 heteroatoms. The molecular formula is C9H4BrF2N3. The number of fused-ring (bicyclic) bond motifs is 1. The van der Waals surface area contributed by atoms with Crippen LogP contribution in [0, 0.1) is 11.3 Å². The van der Waals surface area contributed by atoms with Gasteiger partial charge in [0.05, 0.1) is 22.7 Å². The maximum absolute atomic E-state index is 12.8. The van der Waals surface area contributed by atoms with Crippen LogP contribution in [-0.4, -0.2) is 9.97 Å². The van der Waals surface area contributed by atoms with Gasteiger partial charge in [0.15, 0.2) is 5.82 Å². The van der Waals surface area contributed by atoms with Crippen LogP contribution in [0.2, 0.25) is 0 Å². The summed E-state index contributed by atoms with van der Waals surface area (Å²) in [6, 6.07) is 6.44. The number of halogens is 3. The molecule has 0 bridgehead atoms. The van der Waals surface area contributed by atoms with Gasteiger partial charge in [-0.3, -0.25) is 0 Å². The van der Waals surface area contributed by atoms with Crippen molar-refractivity contribution >= 4 is 27.0 Å². The molecule has 3 nitrogen and oxygen atoms in total. The Kier molecular flexibility index (Phi) is 2.20. The second-order valence-corrected chi connectivity index (χ2v) is 3.92. The first-order valence-electron chi connectivity index (χ1n) is 3.98. The molecule has 0 atom stereocenters. The van der Waals surface area contributed by atoms with Crippen LogP contribution in [-0.2, 0) is 4.83 Å². The summed E-state index contributed by atoms with van der Waals surface area (Å²) in [7, 11) is 0.